The van der Waals surface area contributed by atoms with Crippen molar-refractivity contribution in [3.8, 4) is 0 Å². The SMILES string of the molecule is CC1=Cc2ccccc2C=CC1=C1Sc2ccccc2S1. The molecule has 0 atom stereocenters. The first-order valence-corrected chi connectivity index (χ1v) is 8.59. The molecule has 0 unspecified atom stereocenters. The Hall–Kier alpha value is -1.64. The van der Waals surface area contributed by atoms with Gasteiger partial charge in [-0.2, -0.15) is 0 Å². The summed E-state index contributed by atoms with van der Waals surface area (Å²) in [5.41, 5.74) is 5.27. The third-order valence-electron chi connectivity index (χ3n) is 3.70. The summed E-state index contributed by atoms with van der Waals surface area (Å²) in [5, 5.41) is 0. The van der Waals surface area contributed by atoms with Crippen molar-refractivity contribution in [3.05, 3.63) is 81.1 Å². The van der Waals surface area contributed by atoms with Crippen LogP contribution in [-0.2, 0) is 0 Å². The highest BCUT2D eigenvalue weighted by Crippen LogP contribution is 2.53. The summed E-state index contributed by atoms with van der Waals surface area (Å²) in [6.45, 7) is 2.21. The van der Waals surface area contributed by atoms with E-state index < -0.39 is 0 Å². The average molecular weight is 306 g/mol. The van der Waals surface area contributed by atoms with E-state index in [4.69, 9.17) is 0 Å². The maximum absolute atomic E-state index is 2.29. The Morgan fingerprint density at radius 1 is 0.714 bits per heavy atom. The Labute approximate surface area is 133 Å². The minimum Gasteiger partial charge on any atom is -0.0809 e. The van der Waals surface area contributed by atoms with E-state index >= 15 is 0 Å². The van der Waals surface area contributed by atoms with Crippen molar-refractivity contribution < 1.29 is 0 Å². The minimum atomic E-state index is 1.29. The lowest BCUT2D eigenvalue weighted by molar-refractivity contribution is 1.27. The van der Waals surface area contributed by atoms with Crippen LogP contribution < -0.4 is 0 Å². The summed E-state index contributed by atoms with van der Waals surface area (Å²) in [5.74, 6) is 0. The van der Waals surface area contributed by atoms with Crippen molar-refractivity contribution in [1.82, 2.24) is 0 Å². The summed E-state index contributed by atoms with van der Waals surface area (Å²) in [7, 11) is 0. The molecule has 21 heavy (non-hydrogen) atoms. The van der Waals surface area contributed by atoms with Crippen molar-refractivity contribution in [2.75, 3.05) is 0 Å². The van der Waals surface area contributed by atoms with Crippen LogP contribution in [0.25, 0.3) is 12.2 Å². The quantitative estimate of drug-likeness (QED) is 0.566. The second-order valence-corrected chi connectivity index (χ2v) is 7.50. The maximum Gasteiger partial charge on any atom is 0.0574 e. The molecule has 2 aromatic carbocycles. The van der Waals surface area contributed by atoms with Crippen LogP contribution in [0.1, 0.15) is 18.1 Å². The van der Waals surface area contributed by atoms with E-state index in [9.17, 15) is 0 Å². The third-order valence-corrected chi connectivity index (χ3v) is 6.29. The zero-order valence-corrected chi connectivity index (χ0v) is 13.3. The van der Waals surface area contributed by atoms with Gasteiger partial charge in [-0.15, -0.1) is 0 Å². The fourth-order valence-electron chi connectivity index (χ4n) is 2.59. The van der Waals surface area contributed by atoms with Crippen LogP contribution in [0.5, 0.6) is 0 Å². The lowest BCUT2D eigenvalue weighted by Crippen LogP contribution is -1.82. The molecule has 0 spiro atoms. The van der Waals surface area contributed by atoms with Gasteiger partial charge in [0.15, 0.2) is 0 Å². The molecule has 1 aliphatic carbocycles. The smallest absolute Gasteiger partial charge is 0.0574 e. The van der Waals surface area contributed by atoms with Gasteiger partial charge in [0.1, 0.15) is 0 Å². The number of hydrogen-bond donors (Lipinski definition) is 0. The second kappa shape index (κ2) is 5.28. The molecule has 0 nitrogen and oxygen atoms in total. The molecular weight excluding hydrogens is 292 g/mol. The monoisotopic (exact) mass is 306 g/mol. The van der Waals surface area contributed by atoms with Gasteiger partial charge in [0.2, 0.25) is 0 Å². The van der Waals surface area contributed by atoms with E-state index in [1.807, 2.05) is 23.5 Å². The van der Waals surface area contributed by atoms with Crippen molar-refractivity contribution in [1.29, 1.82) is 0 Å². The number of benzene rings is 2. The fraction of sp³-hybridized carbons (Fsp3) is 0.0526. The first-order valence-electron chi connectivity index (χ1n) is 6.96. The van der Waals surface area contributed by atoms with E-state index in [0.29, 0.717) is 0 Å². The van der Waals surface area contributed by atoms with E-state index in [-0.39, 0.29) is 0 Å². The van der Waals surface area contributed by atoms with Gasteiger partial charge in [0.05, 0.1) is 4.24 Å². The molecule has 2 aliphatic rings. The van der Waals surface area contributed by atoms with Crippen LogP contribution in [0, 0.1) is 0 Å². The topological polar surface area (TPSA) is 0 Å². The number of fused-ring (bicyclic) bond motifs is 2. The molecular formula is C19H14S2. The highest BCUT2D eigenvalue weighted by molar-refractivity contribution is 8.24. The van der Waals surface area contributed by atoms with Gasteiger partial charge in [-0.1, -0.05) is 78.2 Å². The number of allylic oxidation sites excluding steroid dienone is 3. The van der Waals surface area contributed by atoms with Gasteiger partial charge in [-0.05, 0) is 41.3 Å². The summed E-state index contributed by atoms with van der Waals surface area (Å²) in [4.78, 5) is 2.74. The fourth-order valence-corrected chi connectivity index (χ4v) is 5.25. The van der Waals surface area contributed by atoms with Crippen LogP contribution in [0.15, 0.2) is 79.8 Å². The first-order chi connectivity index (χ1) is 10.3. The highest BCUT2D eigenvalue weighted by atomic mass is 32.2. The summed E-state index contributed by atoms with van der Waals surface area (Å²) in [6.07, 6.45) is 6.79. The van der Waals surface area contributed by atoms with Gasteiger partial charge in [0.25, 0.3) is 0 Å². The Balaban J connectivity index is 1.80. The maximum atomic E-state index is 2.29. The molecule has 2 aromatic rings. The second-order valence-electron chi connectivity index (χ2n) is 5.14. The Morgan fingerprint density at radius 3 is 2.05 bits per heavy atom. The largest absolute Gasteiger partial charge is 0.0809 e. The van der Waals surface area contributed by atoms with Crippen molar-refractivity contribution in [2.45, 2.75) is 16.7 Å². The molecule has 0 bridgehead atoms. The molecule has 0 saturated heterocycles. The third kappa shape index (κ3) is 2.39. The molecule has 4 rings (SSSR count). The zero-order valence-electron chi connectivity index (χ0n) is 11.7. The average Bonchev–Trinajstić information content (AvgIpc) is 2.84. The molecule has 1 heterocycles. The van der Waals surface area contributed by atoms with Gasteiger partial charge in [0, 0.05) is 9.79 Å². The van der Waals surface area contributed by atoms with Crippen LogP contribution in [0.2, 0.25) is 0 Å². The van der Waals surface area contributed by atoms with E-state index in [1.54, 1.807) is 0 Å². The number of hydrogen-bond acceptors (Lipinski definition) is 2. The molecule has 0 N–H and O–H groups in total. The first kappa shape index (κ1) is 13.1. The molecule has 0 radical (unpaired) electrons. The minimum absolute atomic E-state index is 1.29. The Bertz CT molecular complexity index is 783. The molecule has 0 fully saturated rings. The standard InChI is InChI=1S/C19H14S2/c1-13-12-15-7-3-2-6-14(15)10-11-16(13)19-20-17-8-4-5-9-18(17)21-19/h2-12H,1H3. The Morgan fingerprint density at radius 2 is 1.33 bits per heavy atom. The molecule has 2 heteroatoms. The van der Waals surface area contributed by atoms with E-state index in [1.165, 1.54) is 36.3 Å². The van der Waals surface area contributed by atoms with Gasteiger partial charge < -0.3 is 0 Å². The van der Waals surface area contributed by atoms with Gasteiger partial charge >= 0.3 is 0 Å². The van der Waals surface area contributed by atoms with Crippen molar-refractivity contribution in [2.24, 2.45) is 0 Å². The number of thioether (sulfide) groups is 2. The van der Waals surface area contributed by atoms with Gasteiger partial charge in [-0.25, -0.2) is 0 Å². The van der Waals surface area contributed by atoms with Crippen LogP contribution in [-0.4, -0.2) is 0 Å². The van der Waals surface area contributed by atoms with E-state index in [2.05, 4.69) is 73.7 Å². The van der Waals surface area contributed by atoms with Crippen LogP contribution in [0.3, 0.4) is 0 Å². The predicted octanol–water partition coefficient (Wildman–Crippen LogP) is 6.23. The number of rotatable bonds is 0. The molecule has 0 amide bonds. The summed E-state index contributed by atoms with van der Waals surface area (Å²) < 4.78 is 1.38. The molecule has 102 valence electrons. The zero-order chi connectivity index (χ0) is 14.2. The predicted molar refractivity (Wildman–Crippen MR) is 94.3 cm³/mol. The summed E-state index contributed by atoms with van der Waals surface area (Å²) in [6, 6.07) is 17.2. The van der Waals surface area contributed by atoms with Crippen molar-refractivity contribution in [3.63, 3.8) is 0 Å². The lowest BCUT2D eigenvalue weighted by Gasteiger charge is -2.05. The Kier molecular flexibility index (Phi) is 3.28. The van der Waals surface area contributed by atoms with Crippen molar-refractivity contribution >= 4 is 35.7 Å². The van der Waals surface area contributed by atoms with Crippen LogP contribution in [0.4, 0.5) is 0 Å². The molecule has 0 aromatic heterocycles. The summed E-state index contributed by atoms with van der Waals surface area (Å²) >= 11 is 3.77. The van der Waals surface area contributed by atoms with Gasteiger partial charge in [-0.3, -0.25) is 0 Å². The normalized spacial score (nSPS) is 16.3. The highest BCUT2D eigenvalue weighted by Gasteiger charge is 2.20. The lowest BCUT2D eigenvalue weighted by atomic mass is 10.1. The van der Waals surface area contributed by atoms with E-state index in [0.717, 1.165) is 0 Å². The van der Waals surface area contributed by atoms with Crippen LogP contribution >= 0.6 is 23.5 Å². The molecule has 1 aliphatic heterocycles. The molecule has 0 saturated carbocycles.